The van der Waals surface area contributed by atoms with Gasteiger partial charge in [0, 0.05) is 37.3 Å². The molecular weight excluding hydrogens is 392 g/mol. The van der Waals surface area contributed by atoms with Crippen LogP contribution in [0.2, 0.25) is 0 Å². The van der Waals surface area contributed by atoms with Crippen molar-refractivity contribution in [3.63, 3.8) is 0 Å². The number of hydrogen-bond acceptors (Lipinski definition) is 5. The first kappa shape index (κ1) is 20.8. The quantitative estimate of drug-likeness (QED) is 0.396. The van der Waals surface area contributed by atoms with Gasteiger partial charge in [-0.05, 0) is 43.2 Å². The molecule has 0 saturated heterocycles. The molecule has 3 heterocycles. The number of nitrogens with one attached hydrogen (secondary N) is 1. The second kappa shape index (κ2) is 9.59. The third kappa shape index (κ3) is 4.68. The number of ether oxygens (including phenoxy) is 1. The zero-order valence-electron chi connectivity index (χ0n) is 18.0. The van der Waals surface area contributed by atoms with Gasteiger partial charge in [-0.1, -0.05) is 20.3 Å². The molecule has 3 aromatic heterocycles. The predicted molar refractivity (Wildman–Crippen MR) is 119 cm³/mol. The van der Waals surface area contributed by atoms with Crippen LogP contribution in [-0.4, -0.2) is 43.3 Å². The molecule has 0 unspecified atom stereocenters. The topological polar surface area (TPSA) is 85.8 Å². The molecule has 1 amide bonds. The number of aryl methyl sites for hydroxylation is 1. The number of aromatic nitrogens is 5. The Kier molecular flexibility index (Phi) is 6.45. The van der Waals surface area contributed by atoms with Crippen LogP contribution in [0.25, 0.3) is 22.4 Å². The highest BCUT2D eigenvalue weighted by Crippen LogP contribution is 2.24. The first-order valence-corrected chi connectivity index (χ1v) is 10.9. The number of unbranched alkanes of at least 4 members (excludes halogenated alkanes) is 1. The van der Waals surface area contributed by atoms with E-state index in [1.54, 1.807) is 0 Å². The minimum Gasteiger partial charge on any atom is -0.494 e. The van der Waals surface area contributed by atoms with Crippen LogP contribution in [0.4, 0.5) is 0 Å². The molecule has 0 aliphatic carbocycles. The maximum absolute atomic E-state index is 11.9. The third-order valence-corrected chi connectivity index (χ3v) is 5.15. The average molecular weight is 421 g/mol. The highest BCUT2D eigenvalue weighted by Gasteiger charge is 2.13. The zero-order valence-corrected chi connectivity index (χ0v) is 18.0. The summed E-state index contributed by atoms with van der Waals surface area (Å²) in [5, 5.41) is 16.2. The number of benzene rings is 1. The van der Waals surface area contributed by atoms with E-state index in [9.17, 15) is 4.79 Å². The van der Waals surface area contributed by atoms with Crippen molar-refractivity contribution in [2.45, 2.75) is 46.0 Å². The molecule has 162 valence electrons. The third-order valence-electron chi connectivity index (χ3n) is 5.15. The van der Waals surface area contributed by atoms with Crippen molar-refractivity contribution in [3.8, 4) is 17.0 Å². The molecule has 0 aliphatic rings. The summed E-state index contributed by atoms with van der Waals surface area (Å²) < 4.78 is 9.48. The fourth-order valence-corrected chi connectivity index (χ4v) is 3.41. The van der Waals surface area contributed by atoms with Gasteiger partial charge in [0.15, 0.2) is 5.65 Å². The lowest BCUT2D eigenvalue weighted by Crippen LogP contribution is -2.24. The summed E-state index contributed by atoms with van der Waals surface area (Å²) in [5.74, 6) is 1.67. The highest BCUT2D eigenvalue weighted by molar-refractivity contribution is 5.77. The van der Waals surface area contributed by atoms with Crippen LogP contribution in [0, 0.1) is 0 Å². The summed E-state index contributed by atoms with van der Waals surface area (Å²) in [6.07, 6.45) is 7.80. The van der Waals surface area contributed by atoms with Crippen LogP contribution in [0.15, 0.2) is 42.7 Å². The molecule has 0 radical (unpaired) electrons. The van der Waals surface area contributed by atoms with E-state index in [0.717, 1.165) is 59.9 Å². The largest absolute Gasteiger partial charge is 0.494 e. The summed E-state index contributed by atoms with van der Waals surface area (Å²) in [6, 6.07) is 10.00. The monoisotopic (exact) mass is 420 g/mol. The van der Waals surface area contributed by atoms with Crippen LogP contribution >= 0.6 is 0 Å². The lowest BCUT2D eigenvalue weighted by atomic mass is 10.1. The SMILES string of the molecule is CCCCOc1ccc(-c2cc3c4nnc(CCC(=O)NCCC)n4ccn3n2)cc1. The number of carbonyl (C=O) groups is 1. The number of nitrogens with zero attached hydrogens (tertiary/aromatic N) is 5. The smallest absolute Gasteiger partial charge is 0.220 e. The van der Waals surface area contributed by atoms with Crippen LogP contribution < -0.4 is 10.1 Å². The van der Waals surface area contributed by atoms with Crippen molar-refractivity contribution in [1.29, 1.82) is 0 Å². The van der Waals surface area contributed by atoms with Crippen molar-refractivity contribution in [3.05, 3.63) is 48.5 Å². The van der Waals surface area contributed by atoms with Gasteiger partial charge in [-0.3, -0.25) is 9.20 Å². The Morgan fingerprint density at radius 2 is 1.94 bits per heavy atom. The van der Waals surface area contributed by atoms with Crippen molar-refractivity contribution in [2.24, 2.45) is 0 Å². The molecule has 0 aliphatic heterocycles. The van der Waals surface area contributed by atoms with Gasteiger partial charge in [0.2, 0.25) is 5.91 Å². The van der Waals surface area contributed by atoms with Crippen molar-refractivity contribution in [1.82, 2.24) is 29.5 Å². The van der Waals surface area contributed by atoms with Gasteiger partial charge in [0.05, 0.1) is 12.3 Å². The van der Waals surface area contributed by atoms with Gasteiger partial charge in [0.1, 0.15) is 17.1 Å². The van der Waals surface area contributed by atoms with E-state index in [1.807, 2.05) is 58.6 Å². The summed E-state index contributed by atoms with van der Waals surface area (Å²) in [7, 11) is 0. The van der Waals surface area contributed by atoms with Gasteiger partial charge < -0.3 is 10.1 Å². The van der Waals surface area contributed by atoms with E-state index < -0.39 is 0 Å². The van der Waals surface area contributed by atoms with Gasteiger partial charge in [-0.2, -0.15) is 5.10 Å². The number of carbonyl (C=O) groups excluding carboxylic acids is 1. The zero-order chi connectivity index (χ0) is 21.6. The molecule has 4 aromatic rings. The standard InChI is InChI=1S/C23H28N6O2/c1-3-5-15-31-18-8-6-17(7-9-18)19-16-20-23-26-25-21(10-11-22(30)24-12-4-2)28(23)13-14-29(20)27-19/h6-9,13-14,16H,3-5,10-12,15H2,1-2H3,(H,24,30). The van der Waals surface area contributed by atoms with Gasteiger partial charge in [0.25, 0.3) is 0 Å². The lowest BCUT2D eigenvalue weighted by Gasteiger charge is -2.05. The molecule has 4 rings (SSSR count). The van der Waals surface area contributed by atoms with Crippen molar-refractivity contribution >= 4 is 17.1 Å². The molecule has 31 heavy (non-hydrogen) atoms. The maximum Gasteiger partial charge on any atom is 0.220 e. The van der Waals surface area contributed by atoms with E-state index in [1.165, 1.54) is 0 Å². The van der Waals surface area contributed by atoms with Gasteiger partial charge in [-0.15, -0.1) is 10.2 Å². The minimum atomic E-state index is 0.0356. The summed E-state index contributed by atoms with van der Waals surface area (Å²) in [6.45, 7) is 5.62. The first-order valence-electron chi connectivity index (χ1n) is 10.9. The van der Waals surface area contributed by atoms with Gasteiger partial charge >= 0.3 is 0 Å². The molecule has 0 saturated carbocycles. The molecular formula is C23H28N6O2. The Balaban J connectivity index is 1.53. The number of fused-ring (bicyclic) bond motifs is 3. The second-order valence-corrected chi connectivity index (χ2v) is 7.54. The minimum absolute atomic E-state index is 0.0356. The van der Waals surface area contributed by atoms with Crippen LogP contribution in [0.1, 0.15) is 45.4 Å². The predicted octanol–water partition coefficient (Wildman–Crippen LogP) is 3.68. The molecule has 0 spiro atoms. The lowest BCUT2D eigenvalue weighted by molar-refractivity contribution is -0.121. The van der Waals surface area contributed by atoms with Crippen LogP contribution in [0.3, 0.4) is 0 Å². The van der Waals surface area contributed by atoms with E-state index in [2.05, 4.69) is 27.5 Å². The Hall–Kier alpha value is -3.42. The van der Waals surface area contributed by atoms with Crippen LogP contribution in [0.5, 0.6) is 5.75 Å². The fourth-order valence-electron chi connectivity index (χ4n) is 3.41. The number of rotatable bonds is 10. The summed E-state index contributed by atoms with van der Waals surface area (Å²) >= 11 is 0. The molecule has 0 atom stereocenters. The van der Waals surface area contributed by atoms with E-state index in [0.29, 0.717) is 19.4 Å². The molecule has 1 aromatic carbocycles. The second-order valence-electron chi connectivity index (χ2n) is 7.54. The number of hydrogen-bond donors (Lipinski definition) is 1. The Morgan fingerprint density at radius 3 is 2.71 bits per heavy atom. The Labute approximate surface area is 181 Å². The average Bonchev–Trinajstić information content (AvgIpc) is 3.41. The number of amides is 1. The Bertz CT molecular complexity index is 1160. The molecule has 8 nitrogen and oxygen atoms in total. The van der Waals surface area contributed by atoms with Crippen molar-refractivity contribution in [2.75, 3.05) is 13.2 Å². The summed E-state index contributed by atoms with van der Waals surface area (Å²) in [4.78, 5) is 11.9. The van der Waals surface area contributed by atoms with Gasteiger partial charge in [-0.25, -0.2) is 4.52 Å². The fraction of sp³-hybridized carbons (Fsp3) is 0.391. The molecule has 1 N–H and O–H groups in total. The molecule has 0 bridgehead atoms. The van der Waals surface area contributed by atoms with E-state index >= 15 is 0 Å². The molecule has 0 fully saturated rings. The summed E-state index contributed by atoms with van der Waals surface area (Å²) in [5.41, 5.74) is 3.47. The van der Waals surface area contributed by atoms with E-state index in [4.69, 9.17) is 4.74 Å². The Morgan fingerprint density at radius 1 is 1.10 bits per heavy atom. The maximum atomic E-state index is 11.9. The normalized spacial score (nSPS) is 11.3. The molecule has 8 heteroatoms. The van der Waals surface area contributed by atoms with Crippen LogP contribution in [-0.2, 0) is 11.2 Å². The highest BCUT2D eigenvalue weighted by atomic mass is 16.5. The first-order chi connectivity index (χ1) is 15.2. The van der Waals surface area contributed by atoms with E-state index in [-0.39, 0.29) is 5.91 Å². The van der Waals surface area contributed by atoms with Crippen molar-refractivity contribution < 1.29 is 9.53 Å².